The zero-order valence-electron chi connectivity index (χ0n) is 10.3. The van der Waals surface area contributed by atoms with Crippen LogP contribution in [0.15, 0.2) is 17.5 Å². The average Bonchev–Trinajstić information content (AvgIpc) is 2.80. The molecule has 1 aromatic rings. The van der Waals surface area contributed by atoms with E-state index in [2.05, 4.69) is 4.72 Å². The van der Waals surface area contributed by atoms with Gasteiger partial charge in [0.1, 0.15) is 0 Å². The second-order valence-corrected chi connectivity index (χ2v) is 6.57. The molecule has 0 aliphatic carbocycles. The molecule has 0 aliphatic rings. The Morgan fingerprint density at radius 3 is 2.95 bits per heavy atom. The number of carbonyl (C=O) groups is 1. The third-order valence-electron chi connectivity index (χ3n) is 2.11. The maximum Gasteiger partial charge on any atom is 0.328 e. The van der Waals surface area contributed by atoms with Crippen LogP contribution in [0, 0.1) is 0 Å². The molecule has 8 heteroatoms. The number of carboxylic acids is 1. The quantitative estimate of drug-likeness (QED) is 0.696. The number of rotatable bonds is 8. The first-order valence-electron chi connectivity index (χ1n) is 5.37. The zero-order chi connectivity index (χ0) is 14.3. The Balaban J connectivity index is 2.53. The summed E-state index contributed by atoms with van der Waals surface area (Å²) in [6.07, 6.45) is 2.50. The number of carboxylic acid groups (broad SMARTS) is 1. The molecule has 0 atom stereocenters. The van der Waals surface area contributed by atoms with Crippen molar-refractivity contribution in [3.05, 3.63) is 28.0 Å². The van der Waals surface area contributed by atoms with Gasteiger partial charge in [-0.3, -0.25) is 0 Å². The highest BCUT2D eigenvalue weighted by atomic mass is 32.2. The summed E-state index contributed by atoms with van der Waals surface area (Å²) in [4.78, 5) is 11.2. The maximum atomic E-state index is 11.5. The van der Waals surface area contributed by atoms with Gasteiger partial charge in [0.2, 0.25) is 10.0 Å². The van der Waals surface area contributed by atoms with Crippen LogP contribution in [0.1, 0.15) is 10.4 Å². The summed E-state index contributed by atoms with van der Waals surface area (Å²) in [5.41, 5.74) is 0.735. The molecule has 0 radical (unpaired) electrons. The van der Waals surface area contributed by atoms with E-state index in [0.29, 0.717) is 0 Å². The van der Waals surface area contributed by atoms with Crippen LogP contribution in [0.5, 0.6) is 0 Å². The average molecular weight is 305 g/mol. The standard InChI is InChI=1S/C11H15NO5S2/c1-17-4-5-19(15,16)12-7-10-6-9(8-18-10)2-3-11(13)14/h2-3,6,8,12H,4-5,7H2,1H3,(H,13,14). The van der Waals surface area contributed by atoms with Crippen LogP contribution in [-0.2, 0) is 26.1 Å². The number of sulfonamides is 1. The van der Waals surface area contributed by atoms with Crippen molar-refractivity contribution in [3.8, 4) is 0 Å². The van der Waals surface area contributed by atoms with Crippen LogP contribution in [0.2, 0.25) is 0 Å². The van der Waals surface area contributed by atoms with E-state index >= 15 is 0 Å². The van der Waals surface area contributed by atoms with Gasteiger partial charge in [-0.1, -0.05) is 0 Å². The van der Waals surface area contributed by atoms with Crippen molar-refractivity contribution < 1.29 is 23.1 Å². The topological polar surface area (TPSA) is 92.7 Å². The van der Waals surface area contributed by atoms with Gasteiger partial charge >= 0.3 is 5.97 Å². The first-order chi connectivity index (χ1) is 8.93. The fraction of sp³-hybridized carbons (Fsp3) is 0.364. The summed E-state index contributed by atoms with van der Waals surface area (Å²) in [7, 11) is -1.90. The number of hydrogen-bond acceptors (Lipinski definition) is 5. The lowest BCUT2D eigenvalue weighted by Gasteiger charge is -2.04. The van der Waals surface area contributed by atoms with Gasteiger partial charge in [0.05, 0.1) is 12.4 Å². The summed E-state index contributed by atoms with van der Waals surface area (Å²) >= 11 is 1.36. The first-order valence-corrected chi connectivity index (χ1v) is 7.91. The number of nitrogens with one attached hydrogen (secondary N) is 1. The van der Waals surface area contributed by atoms with Crippen LogP contribution >= 0.6 is 11.3 Å². The molecule has 0 saturated carbocycles. The molecular weight excluding hydrogens is 290 g/mol. The number of ether oxygens (including phenoxy) is 1. The minimum absolute atomic E-state index is 0.0827. The Hall–Kier alpha value is -1.22. The fourth-order valence-electron chi connectivity index (χ4n) is 1.19. The monoisotopic (exact) mass is 305 g/mol. The molecular formula is C11H15NO5S2. The number of methoxy groups -OCH3 is 1. The van der Waals surface area contributed by atoms with E-state index < -0.39 is 16.0 Å². The first kappa shape index (κ1) is 15.8. The lowest BCUT2D eigenvalue weighted by molar-refractivity contribution is -0.131. The summed E-state index contributed by atoms with van der Waals surface area (Å²) < 4.78 is 30.2. The molecule has 2 N–H and O–H groups in total. The van der Waals surface area contributed by atoms with Gasteiger partial charge < -0.3 is 9.84 Å². The Morgan fingerprint density at radius 1 is 1.58 bits per heavy atom. The molecule has 0 unspecified atom stereocenters. The van der Waals surface area contributed by atoms with Gasteiger partial charge in [-0.05, 0) is 23.1 Å². The van der Waals surface area contributed by atoms with E-state index in [4.69, 9.17) is 9.84 Å². The van der Waals surface area contributed by atoms with E-state index in [1.54, 1.807) is 11.4 Å². The second kappa shape index (κ2) is 7.39. The summed E-state index contributed by atoms with van der Waals surface area (Å²) in [6, 6.07) is 1.74. The molecule has 1 rings (SSSR count). The predicted molar refractivity (Wildman–Crippen MR) is 73.5 cm³/mol. The van der Waals surface area contributed by atoms with Crippen LogP contribution in [-0.4, -0.2) is 39.0 Å². The maximum absolute atomic E-state index is 11.5. The molecule has 1 aromatic heterocycles. The zero-order valence-corrected chi connectivity index (χ0v) is 12.0. The highest BCUT2D eigenvalue weighted by molar-refractivity contribution is 7.89. The third kappa shape index (κ3) is 6.48. The van der Waals surface area contributed by atoms with Crippen molar-refractivity contribution in [3.63, 3.8) is 0 Å². The Labute approximate surface area is 115 Å². The van der Waals surface area contributed by atoms with Gasteiger partial charge in [-0.15, -0.1) is 11.3 Å². The third-order valence-corrected chi connectivity index (χ3v) is 4.36. The Bertz CT molecular complexity index is 547. The largest absolute Gasteiger partial charge is 0.478 e. The van der Waals surface area contributed by atoms with E-state index in [1.165, 1.54) is 24.5 Å². The van der Waals surface area contributed by atoms with Gasteiger partial charge in [0.25, 0.3) is 0 Å². The predicted octanol–water partition coefficient (Wildman–Crippen LogP) is 0.912. The highest BCUT2D eigenvalue weighted by Gasteiger charge is 2.09. The molecule has 0 spiro atoms. The molecule has 0 aliphatic heterocycles. The number of hydrogen-bond donors (Lipinski definition) is 2. The Morgan fingerprint density at radius 2 is 2.32 bits per heavy atom. The lowest BCUT2D eigenvalue weighted by Crippen LogP contribution is -2.27. The molecule has 0 amide bonds. The SMILES string of the molecule is COCCS(=O)(=O)NCc1cc(C=CC(=O)O)cs1. The van der Waals surface area contributed by atoms with Crippen LogP contribution in [0.3, 0.4) is 0 Å². The van der Waals surface area contributed by atoms with Gasteiger partial charge in [0, 0.05) is 24.6 Å². The molecule has 0 fully saturated rings. The normalized spacial score (nSPS) is 12.1. The van der Waals surface area contributed by atoms with Gasteiger partial charge in [-0.25, -0.2) is 17.9 Å². The molecule has 19 heavy (non-hydrogen) atoms. The van der Waals surface area contributed by atoms with E-state index in [1.807, 2.05) is 0 Å². The fourth-order valence-corrected chi connectivity index (χ4v) is 2.98. The highest BCUT2D eigenvalue weighted by Crippen LogP contribution is 2.16. The van der Waals surface area contributed by atoms with Crippen molar-refractivity contribution in [1.82, 2.24) is 4.72 Å². The van der Waals surface area contributed by atoms with Gasteiger partial charge in [0.15, 0.2) is 0 Å². The number of aliphatic carboxylic acids is 1. The summed E-state index contributed by atoms with van der Waals surface area (Å²) in [5.74, 6) is -1.10. The van der Waals surface area contributed by atoms with Crippen LogP contribution in [0.25, 0.3) is 6.08 Å². The molecule has 0 saturated heterocycles. The Kier molecular flexibility index (Phi) is 6.16. The molecule has 1 heterocycles. The van der Waals surface area contributed by atoms with E-state index in [9.17, 15) is 13.2 Å². The summed E-state index contributed by atoms with van der Waals surface area (Å²) in [5, 5.41) is 10.2. The molecule has 106 valence electrons. The molecule has 0 bridgehead atoms. The summed E-state index contributed by atoms with van der Waals surface area (Å²) in [6.45, 7) is 0.337. The van der Waals surface area contributed by atoms with Crippen molar-refractivity contribution >= 4 is 33.4 Å². The second-order valence-electron chi connectivity index (χ2n) is 3.65. The van der Waals surface area contributed by atoms with Crippen molar-refractivity contribution in [2.75, 3.05) is 19.5 Å². The minimum atomic E-state index is -3.34. The van der Waals surface area contributed by atoms with E-state index in [-0.39, 0.29) is 18.9 Å². The lowest BCUT2D eigenvalue weighted by atomic mass is 10.3. The minimum Gasteiger partial charge on any atom is -0.478 e. The van der Waals surface area contributed by atoms with Gasteiger partial charge in [-0.2, -0.15) is 0 Å². The van der Waals surface area contributed by atoms with Crippen LogP contribution < -0.4 is 4.72 Å². The number of thiophene rings is 1. The smallest absolute Gasteiger partial charge is 0.328 e. The van der Waals surface area contributed by atoms with Crippen molar-refractivity contribution in [2.45, 2.75) is 6.54 Å². The van der Waals surface area contributed by atoms with Crippen molar-refractivity contribution in [2.24, 2.45) is 0 Å². The molecule has 0 aromatic carbocycles. The molecule has 6 nitrogen and oxygen atoms in total. The van der Waals surface area contributed by atoms with E-state index in [0.717, 1.165) is 16.5 Å². The van der Waals surface area contributed by atoms with Crippen LogP contribution in [0.4, 0.5) is 0 Å². The van der Waals surface area contributed by atoms with Crippen molar-refractivity contribution in [1.29, 1.82) is 0 Å².